The highest BCUT2D eigenvalue weighted by Gasteiger charge is 2.47. The van der Waals surface area contributed by atoms with Crippen LogP contribution in [0.3, 0.4) is 0 Å². The van der Waals surface area contributed by atoms with Gasteiger partial charge in [0.1, 0.15) is 6.54 Å². The van der Waals surface area contributed by atoms with Gasteiger partial charge < -0.3 is 14.7 Å². The molecule has 3 N–H and O–H groups in total. The first-order chi connectivity index (χ1) is 23.3. The van der Waals surface area contributed by atoms with E-state index in [1.54, 1.807) is 36.4 Å². The standard InChI is InChI=1S/C36H44N2O10S2/c1-6-22-48-34(41)26-15-11-17-28-32(26)36(4,5)30(38(28)21-13-24-50(45,46)47)19-9-7-8-18-29-35(2,3)31-25(33(39)40)14-10-16-27(31)37(29)20-12-23-49(42,43)44/h7-11,14-19H,6,12-13,20-24H2,1-5H3,(H2-,39,40,42,43,44,45,46,47)/p+1. The van der Waals surface area contributed by atoms with Gasteiger partial charge in [-0.2, -0.15) is 21.4 Å². The summed E-state index contributed by atoms with van der Waals surface area (Å²) in [6.07, 6.45) is 10.0. The summed E-state index contributed by atoms with van der Waals surface area (Å²) < 4.78 is 72.0. The van der Waals surface area contributed by atoms with E-state index in [1.807, 2.05) is 68.4 Å². The SMILES string of the molecule is CCCOC(=O)c1cccc2c1C(C)(C)C(/C=C/C=C/C=C1/N(CCCS(=O)(=O)O)c3cccc(C(=O)O)c3C1(C)C)=[N+]2CCCS(=O)(=O)O. The third-order valence-corrected chi connectivity index (χ3v) is 10.6. The van der Waals surface area contributed by atoms with E-state index in [0.717, 1.165) is 22.7 Å². The quantitative estimate of drug-likeness (QED) is 0.0889. The van der Waals surface area contributed by atoms with Crippen LogP contribution in [0, 0.1) is 0 Å². The highest BCUT2D eigenvalue weighted by molar-refractivity contribution is 7.86. The molecule has 0 aliphatic carbocycles. The molecular formula is C36H45N2O10S2+. The molecule has 0 fully saturated rings. The summed E-state index contributed by atoms with van der Waals surface area (Å²) in [4.78, 5) is 27.1. The van der Waals surface area contributed by atoms with Gasteiger partial charge in [-0.15, -0.1) is 0 Å². The van der Waals surface area contributed by atoms with Crippen molar-refractivity contribution in [1.82, 2.24) is 0 Å². The lowest BCUT2D eigenvalue weighted by Crippen LogP contribution is -2.29. The Morgan fingerprint density at radius 2 is 1.50 bits per heavy atom. The van der Waals surface area contributed by atoms with Crippen LogP contribution in [0.25, 0.3) is 0 Å². The number of carbonyl (C=O) groups excluding carboxylic acids is 1. The number of allylic oxidation sites excluding steroid dienone is 6. The Hall–Kier alpha value is -4.11. The molecular weight excluding hydrogens is 685 g/mol. The molecule has 0 amide bonds. The van der Waals surface area contributed by atoms with Crippen molar-refractivity contribution in [3.05, 3.63) is 94.7 Å². The van der Waals surface area contributed by atoms with Gasteiger partial charge in [-0.25, -0.2) is 9.59 Å². The van der Waals surface area contributed by atoms with Gasteiger partial charge in [0, 0.05) is 47.5 Å². The summed E-state index contributed by atoms with van der Waals surface area (Å²) in [7, 11) is -8.37. The predicted molar refractivity (Wildman–Crippen MR) is 192 cm³/mol. The molecule has 50 heavy (non-hydrogen) atoms. The highest BCUT2D eigenvalue weighted by Crippen LogP contribution is 2.49. The molecule has 0 unspecified atom stereocenters. The molecule has 0 saturated carbocycles. The number of carbonyl (C=O) groups is 2. The van der Waals surface area contributed by atoms with Crippen LogP contribution in [0.15, 0.2) is 72.5 Å². The third-order valence-electron chi connectivity index (χ3n) is 8.96. The van der Waals surface area contributed by atoms with Crippen LogP contribution < -0.4 is 4.90 Å². The topological polar surface area (TPSA) is 179 Å². The summed E-state index contributed by atoms with van der Waals surface area (Å²) in [5, 5.41) is 9.95. The molecule has 0 spiro atoms. The Labute approximate surface area is 294 Å². The van der Waals surface area contributed by atoms with Crippen molar-refractivity contribution in [1.29, 1.82) is 0 Å². The highest BCUT2D eigenvalue weighted by atomic mass is 32.2. The summed E-state index contributed by atoms with van der Waals surface area (Å²) in [6, 6.07) is 10.3. The first-order valence-electron chi connectivity index (χ1n) is 16.4. The number of fused-ring (bicyclic) bond motifs is 2. The van der Waals surface area contributed by atoms with Crippen molar-refractivity contribution in [2.45, 2.75) is 64.7 Å². The summed E-state index contributed by atoms with van der Waals surface area (Å²) in [6.45, 7) is 10.4. The Kier molecular flexibility index (Phi) is 11.6. The molecule has 14 heteroatoms. The van der Waals surface area contributed by atoms with Gasteiger partial charge in [-0.05, 0) is 51.0 Å². The molecule has 0 bridgehead atoms. The minimum absolute atomic E-state index is 0.113. The number of nitrogens with zero attached hydrogens (tertiary/aromatic N) is 2. The third kappa shape index (κ3) is 8.43. The fourth-order valence-corrected chi connectivity index (χ4v) is 7.89. The number of carboxylic acids is 1. The lowest BCUT2D eigenvalue weighted by Gasteiger charge is -2.27. The molecule has 2 aliphatic rings. The van der Waals surface area contributed by atoms with E-state index >= 15 is 0 Å². The zero-order valence-corrected chi connectivity index (χ0v) is 30.6. The average molecular weight is 730 g/mol. The number of anilines is 1. The van der Waals surface area contributed by atoms with E-state index in [9.17, 15) is 40.6 Å². The van der Waals surface area contributed by atoms with Crippen LogP contribution in [0.5, 0.6) is 0 Å². The normalized spacial score (nSPS) is 17.6. The zero-order valence-electron chi connectivity index (χ0n) is 28.9. The fourth-order valence-electron chi connectivity index (χ4n) is 6.90. The summed E-state index contributed by atoms with van der Waals surface area (Å²) in [5.41, 5.74) is 3.39. The lowest BCUT2D eigenvalue weighted by molar-refractivity contribution is -0.437. The van der Waals surface area contributed by atoms with Crippen molar-refractivity contribution in [3.63, 3.8) is 0 Å². The maximum Gasteiger partial charge on any atom is 0.338 e. The summed E-state index contributed by atoms with van der Waals surface area (Å²) >= 11 is 0. The van der Waals surface area contributed by atoms with Crippen molar-refractivity contribution < 1.29 is 49.9 Å². The minimum atomic E-state index is -4.19. The molecule has 270 valence electrons. The summed E-state index contributed by atoms with van der Waals surface area (Å²) in [5.74, 6) is -2.39. The number of benzene rings is 2. The first kappa shape index (κ1) is 38.7. The molecule has 0 atom stereocenters. The number of esters is 1. The van der Waals surface area contributed by atoms with Gasteiger partial charge in [0.2, 0.25) is 5.69 Å². The van der Waals surface area contributed by atoms with Crippen molar-refractivity contribution in [2.75, 3.05) is 36.1 Å². The fraction of sp³-hybridized carbons (Fsp3) is 0.417. The van der Waals surface area contributed by atoms with Gasteiger partial charge in [0.05, 0.1) is 40.2 Å². The number of hydrogen-bond donors (Lipinski definition) is 3. The van der Waals surface area contributed by atoms with Crippen LogP contribution in [0.1, 0.15) is 85.7 Å². The number of carboxylic acid groups (broad SMARTS) is 1. The second-order valence-corrected chi connectivity index (χ2v) is 16.5. The van der Waals surface area contributed by atoms with Crippen LogP contribution in [0.4, 0.5) is 11.4 Å². The van der Waals surface area contributed by atoms with Gasteiger partial charge >= 0.3 is 11.9 Å². The van der Waals surface area contributed by atoms with Crippen LogP contribution in [0.2, 0.25) is 0 Å². The van der Waals surface area contributed by atoms with E-state index in [4.69, 9.17) is 4.74 Å². The Morgan fingerprint density at radius 1 is 0.860 bits per heavy atom. The second-order valence-electron chi connectivity index (χ2n) is 13.4. The Balaban J connectivity index is 1.72. The number of rotatable bonds is 15. The molecule has 0 radical (unpaired) electrons. The number of hydrogen-bond acceptors (Lipinski definition) is 8. The zero-order chi connectivity index (χ0) is 37.1. The molecule has 0 aromatic heterocycles. The maximum absolute atomic E-state index is 13.1. The average Bonchev–Trinajstić information content (AvgIpc) is 3.37. The van der Waals surface area contributed by atoms with Crippen LogP contribution in [-0.2, 0) is 35.8 Å². The van der Waals surface area contributed by atoms with Crippen molar-refractivity contribution in [2.24, 2.45) is 0 Å². The smallest absolute Gasteiger partial charge is 0.338 e. The number of aromatic carboxylic acids is 1. The largest absolute Gasteiger partial charge is 0.478 e. The Morgan fingerprint density at radius 3 is 2.14 bits per heavy atom. The van der Waals surface area contributed by atoms with Crippen LogP contribution in [-0.4, -0.2) is 84.5 Å². The molecule has 12 nitrogen and oxygen atoms in total. The first-order valence-corrected chi connectivity index (χ1v) is 19.6. The van der Waals surface area contributed by atoms with E-state index in [-0.39, 0.29) is 38.1 Å². The second kappa shape index (κ2) is 15.0. The monoisotopic (exact) mass is 729 g/mol. The number of ether oxygens (including phenoxy) is 1. The van der Waals surface area contributed by atoms with E-state index < -0.39 is 54.5 Å². The van der Waals surface area contributed by atoms with Crippen LogP contribution >= 0.6 is 0 Å². The minimum Gasteiger partial charge on any atom is -0.478 e. The van der Waals surface area contributed by atoms with Crippen molar-refractivity contribution in [3.8, 4) is 0 Å². The molecule has 0 saturated heterocycles. The maximum atomic E-state index is 13.1. The van der Waals surface area contributed by atoms with Gasteiger partial charge in [0.15, 0.2) is 5.71 Å². The molecule has 2 aliphatic heterocycles. The van der Waals surface area contributed by atoms with E-state index in [1.165, 1.54) is 6.07 Å². The lowest BCUT2D eigenvalue weighted by atomic mass is 9.79. The van der Waals surface area contributed by atoms with E-state index in [2.05, 4.69) is 0 Å². The van der Waals surface area contributed by atoms with Crippen molar-refractivity contribution >= 4 is 49.3 Å². The van der Waals surface area contributed by atoms with Gasteiger partial charge in [0.25, 0.3) is 20.2 Å². The molecule has 2 aromatic rings. The molecule has 4 rings (SSSR count). The van der Waals surface area contributed by atoms with E-state index in [0.29, 0.717) is 23.2 Å². The Bertz CT molecular complexity index is 2010. The molecule has 2 heterocycles. The van der Waals surface area contributed by atoms with Gasteiger partial charge in [-0.1, -0.05) is 51.1 Å². The predicted octanol–water partition coefficient (Wildman–Crippen LogP) is 5.68. The van der Waals surface area contributed by atoms with Gasteiger partial charge in [-0.3, -0.25) is 9.11 Å². The molecule has 2 aromatic carbocycles.